The quantitative estimate of drug-likeness (QED) is 0.250. The molecule has 1 aromatic heterocycles. The molecule has 2 aliphatic rings. The van der Waals surface area contributed by atoms with Crippen LogP contribution >= 0.6 is 11.6 Å². The van der Waals surface area contributed by atoms with E-state index < -0.39 is 12.0 Å². The third kappa shape index (κ3) is 7.34. The molecule has 1 saturated heterocycles. The SMILES string of the molecule is COCCCc1cc(CN(C(=O)[C@H]2CNCC(=O)N2c2ccc(COC(=O)c3ccccc3)cc2)C2CC2)c(Cl)cn1. The van der Waals surface area contributed by atoms with Crippen molar-refractivity contribution in [3.05, 3.63) is 94.3 Å². The second-order valence-electron chi connectivity index (χ2n) is 10.6. The van der Waals surface area contributed by atoms with Crippen molar-refractivity contribution in [3.63, 3.8) is 0 Å². The highest BCUT2D eigenvalue weighted by molar-refractivity contribution is 6.31. The van der Waals surface area contributed by atoms with Gasteiger partial charge in [-0.25, -0.2) is 4.79 Å². The van der Waals surface area contributed by atoms with E-state index in [1.807, 2.05) is 29.2 Å². The van der Waals surface area contributed by atoms with Crippen LogP contribution in [0, 0.1) is 0 Å². The van der Waals surface area contributed by atoms with Gasteiger partial charge in [0.1, 0.15) is 12.6 Å². The van der Waals surface area contributed by atoms with Gasteiger partial charge >= 0.3 is 5.97 Å². The van der Waals surface area contributed by atoms with E-state index in [1.54, 1.807) is 54.6 Å². The number of rotatable bonds is 12. The first-order valence-electron chi connectivity index (χ1n) is 14.2. The molecule has 1 aliphatic heterocycles. The van der Waals surface area contributed by atoms with E-state index in [0.29, 0.717) is 36.0 Å². The number of ether oxygens (including phenoxy) is 2. The van der Waals surface area contributed by atoms with Gasteiger partial charge in [-0.3, -0.25) is 19.5 Å². The molecule has 0 unspecified atom stereocenters. The fraction of sp³-hybridized carbons (Fsp3) is 0.375. The average molecular weight is 591 g/mol. The predicted octanol–water partition coefficient (Wildman–Crippen LogP) is 4.17. The topological polar surface area (TPSA) is 101 Å². The number of hydrogen-bond donors (Lipinski definition) is 1. The maximum Gasteiger partial charge on any atom is 0.338 e. The van der Waals surface area contributed by atoms with Crippen LogP contribution in [0.25, 0.3) is 0 Å². The number of carbonyl (C=O) groups excluding carboxylic acids is 3. The molecule has 2 fully saturated rings. The Balaban J connectivity index is 1.29. The van der Waals surface area contributed by atoms with Crippen LogP contribution < -0.4 is 10.2 Å². The highest BCUT2D eigenvalue weighted by atomic mass is 35.5. The third-order valence-corrected chi connectivity index (χ3v) is 7.80. The minimum Gasteiger partial charge on any atom is -0.457 e. The zero-order chi connectivity index (χ0) is 29.5. The standard InChI is InChI=1S/C32H35ClN4O5/c1-41-15-5-8-25-16-24(28(33)17-35-25)20-36(26-13-14-26)31(39)29-18-34-19-30(38)37(29)27-11-9-22(10-12-27)21-42-32(40)23-6-3-2-4-7-23/h2-4,6-7,9-12,16-17,26,29,34H,5,8,13-15,18-21H2,1H3/t29-/m1/s1. The molecule has 42 heavy (non-hydrogen) atoms. The summed E-state index contributed by atoms with van der Waals surface area (Å²) in [5.41, 5.74) is 3.63. The number of esters is 1. The smallest absolute Gasteiger partial charge is 0.338 e. The Hall–Kier alpha value is -3.79. The van der Waals surface area contributed by atoms with Gasteiger partial charge in [-0.2, -0.15) is 0 Å². The van der Waals surface area contributed by atoms with E-state index in [-0.39, 0.29) is 31.0 Å². The van der Waals surface area contributed by atoms with Crippen LogP contribution in [-0.4, -0.2) is 66.6 Å². The maximum atomic E-state index is 14.1. The number of nitrogens with one attached hydrogen (secondary N) is 1. The summed E-state index contributed by atoms with van der Waals surface area (Å²) in [5, 5.41) is 3.62. The van der Waals surface area contributed by atoms with Crippen molar-refractivity contribution in [1.29, 1.82) is 0 Å². The zero-order valence-corrected chi connectivity index (χ0v) is 24.4. The predicted molar refractivity (Wildman–Crippen MR) is 159 cm³/mol. The van der Waals surface area contributed by atoms with E-state index in [9.17, 15) is 14.4 Å². The van der Waals surface area contributed by atoms with Crippen LogP contribution in [0.15, 0.2) is 66.9 Å². The number of anilines is 1. The number of methoxy groups -OCH3 is 1. The molecular weight excluding hydrogens is 556 g/mol. The number of aromatic nitrogens is 1. The van der Waals surface area contributed by atoms with E-state index in [4.69, 9.17) is 21.1 Å². The summed E-state index contributed by atoms with van der Waals surface area (Å²) in [7, 11) is 1.67. The number of aryl methyl sites for hydroxylation is 1. The summed E-state index contributed by atoms with van der Waals surface area (Å²) in [5.74, 6) is -0.701. The second kappa shape index (κ2) is 13.9. The summed E-state index contributed by atoms with van der Waals surface area (Å²) in [4.78, 5) is 47.4. The number of nitrogens with zero attached hydrogens (tertiary/aromatic N) is 3. The molecule has 1 atom stereocenters. The molecule has 1 saturated carbocycles. The van der Waals surface area contributed by atoms with Gasteiger partial charge in [-0.15, -0.1) is 0 Å². The molecule has 0 bridgehead atoms. The first kappa shape index (κ1) is 29.7. The number of benzene rings is 2. The highest BCUT2D eigenvalue weighted by Crippen LogP contribution is 2.32. The van der Waals surface area contributed by atoms with Crippen molar-refractivity contribution < 1.29 is 23.9 Å². The van der Waals surface area contributed by atoms with Crippen molar-refractivity contribution in [2.24, 2.45) is 0 Å². The van der Waals surface area contributed by atoms with Gasteiger partial charge in [0.05, 0.1) is 17.1 Å². The Bertz CT molecular complexity index is 1400. The Morgan fingerprint density at radius 3 is 2.60 bits per heavy atom. The molecule has 3 aromatic rings. The molecule has 2 aromatic carbocycles. The van der Waals surface area contributed by atoms with E-state index >= 15 is 0 Å². The fourth-order valence-electron chi connectivity index (χ4n) is 5.08. The van der Waals surface area contributed by atoms with Gasteiger partial charge in [-0.1, -0.05) is 41.9 Å². The Morgan fingerprint density at radius 2 is 1.88 bits per heavy atom. The normalized spacial score (nSPS) is 16.8. The molecule has 220 valence electrons. The van der Waals surface area contributed by atoms with Gasteiger partial charge in [0, 0.05) is 50.4 Å². The van der Waals surface area contributed by atoms with Gasteiger partial charge in [0.15, 0.2) is 0 Å². The van der Waals surface area contributed by atoms with Gasteiger partial charge < -0.3 is 19.7 Å². The minimum atomic E-state index is -0.699. The lowest BCUT2D eigenvalue weighted by molar-refractivity contribution is -0.136. The van der Waals surface area contributed by atoms with Gasteiger partial charge in [-0.05, 0) is 67.1 Å². The lowest BCUT2D eigenvalue weighted by Gasteiger charge is -2.38. The van der Waals surface area contributed by atoms with Gasteiger partial charge in [0.2, 0.25) is 11.8 Å². The fourth-order valence-corrected chi connectivity index (χ4v) is 5.24. The number of amides is 2. The third-order valence-electron chi connectivity index (χ3n) is 7.46. The molecule has 0 radical (unpaired) electrons. The van der Waals surface area contributed by atoms with Crippen LogP contribution in [0.2, 0.25) is 5.02 Å². The number of piperazine rings is 1. The largest absolute Gasteiger partial charge is 0.457 e. The van der Waals surface area contributed by atoms with E-state index in [0.717, 1.165) is 42.5 Å². The summed E-state index contributed by atoms with van der Waals surface area (Å²) in [6.07, 6.45) is 5.07. The Kier molecular flexibility index (Phi) is 9.84. The van der Waals surface area contributed by atoms with Crippen molar-refractivity contribution in [3.8, 4) is 0 Å². The lowest BCUT2D eigenvalue weighted by atomic mass is 10.1. The first-order chi connectivity index (χ1) is 20.4. The molecule has 2 amide bonds. The maximum absolute atomic E-state index is 14.1. The molecule has 0 spiro atoms. The Labute approximate surface area is 250 Å². The molecule has 5 rings (SSSR count). The van der Waals surface area contributed by atoms with E-state index in [2.05, 4.69) is 10.3 Å². The van der Waals surface area contributed by atoms with E-state index in [1.165, 1.54) is 0 Å². The van der Waals surface area contributed by atoms with Crippen LogP contribution in [-0.2, 0) is 38.6 Å². The van der Waals surface area contributed by atoms with Crippen LogP contribution in [0.4, 0.5) is 5.69 Å². The number of pyridine rings is 1. The van der Waals surface area contributed by atoms with Crippen LogP contribution in [0.3, 0.4) is 0 Å². The summed E-state index contributed by atoms with van der Waals surface area (Å²) < 4.78 is 10.6. The highest BCUT2D eigenvalue weighted by Gasteiger charge is 2.41. The number of hydrogen-bond acceptors (Lipinski definition) is 7. The molecule has 1 aliphatic carbocycles. The van der Waals surface area contributed by atoms with Crippen molar-refractivity contribution in [2.75, 3.05) is 31.7 Å². The van der Waals surface area contributed by atoms with Crippen molar-refractivity contribution in [1.82, 2.24) is 15.2 Å². The van der Waals surface area contributed by atoms with Crippen molar-refractivity contribution >= 4 is 35.1 Å². The van der Waals surface area contributed by atoms with Crippen LogP contribution in [0.1, 0.15) is 46.4 Å². The van der Waals surface area contributed by atoms with Gasteiger partial charge in [0.25, 0.3) is 0 Å². The lowest BCUT2D eigenvalue weighted by Crippen LogP contribution is -2.61. The van der Waals surface area contributed by atoms with Crippen molar-refractivity contribution in [2.45, 2.75) is 50.9 Å². The summed E-state index contributed by atoms with van der Waals surface area (Å²) >= 11 is 6.53. The molecule has 10 heteroatoms. The first-order valence-corrected chi connectivity index (χ1v) is 14.6. The summed E-state index contributed by atoms with van der Waals surface area (Å²) in [6, 6.07) is 17.4. The molecule has 1 N–H and O–H groups in total. The Morgan fingerprint density at radius 1 is 1.12 bits per heavy atom. The average Bonchev–Trinajstić information content (AvgIpc) is 3.86. The monoisotopic (exact) mass is 590 g/mol. The minimum absolute atomic E-state index is 0.0987. The van der Waals surface area contributed by atoms with Crippen LogP contribution in [0.5, 0.6) is 0 Å². The number of carbonyl (C=O) groups is 3. The molecule has 9 nitrogen and oxygen atoms in total. The zero-order valence-electron chi connectivity index (χ0n) is 23.6. The molecule has 2 heterocycles. The molecular formula is C32H35ClN4O5. The number of halogens is 1. The summed E-state index contributed by atoms with van der Waals surface area (Å²) in [6.45, 7) is 1.58. The second-order valence-corrected chi connectivity index (χ2v) is 11.0.